The van der Waals surface area contributed by atoms with Crippen molar-refractivity contribution < 1.29 is 10.2 Å². The van der Waals surface area contributed by atoms with E-state index >= 15 is 0 Å². The van der Waals surface area contributed by atoms with Crippen LogP contribution in [0.5, 0.6) is 11.5 Å². The molecule has 0 saturated carbocycles. The van der Waals surface area contributed by atoms with Crippen molar-refractivity contribution in [1.82, 2.24) is 5.32 Å². The zero-order valence-corrected chi connectivity index (χ0v) is 8.41. The minimum Gasteiger partial charge on any atom is -0.508 e. The third-order valence-corrected chi connectivity index (χ3v) is 2.05. The predicted octanol–water partition coefficient (Wildman–Crippen LogP) is 1.64. The van der Waals surface area contributed by atoms with Crippen LogP contribution in [0.1, 0.15) is 11.1 Å². The van der Waals surface area contributed by atoms with Crippen LogP contribution >= 0.6 is 0 Å². The molecule has 1 aromatic carbocycles. The molecule has 1 rings (SSSR count). The highest BCUT2D eigenvalue weighted by Crippen LogP contribution is 2.29. The summed E-state index contributed by atoms with van der Waals surface area (Å²) in [4.78, 5) is 0. The second-order valence-electron chi connectivity index (χ2n) is 3.11. The molecule has 3 nitrogen and oxygen atoms in total. The normalized spacial score (nSPS) is 11.0. The molecule has 0 radical (unpaired) electrons. The maximum absolute atomic E-state index is 9.65. The fourth-order valence-corrected chi connectivity index (χ4v) is 1.15. The number of phenolic OH excluding ortho intramolecular Hbond substituents is 2. The summed E-state index contributed by atoms with van der Waals surface area (Å²) in [7, 11) is 1.85. The molecule has 3 N–H and O–H groups in total. The van der Waals surface area contributed by atoms with Gasteiger partial charge in [0.1, 0.15) is 11.5 Å². The lowest BCUT2D eigenvalue weighted by Gasteiger charge is -2.04. The third kappa shape index (κ3) is 2.26. The van der Waals surface area contributed by atoms with Crippen molar-refractivity contribution in [2.24, 2.45) is 0 Å². The summed E-state index contributed by atoms with van der Waals surface area (Å²) < 4.78 is 0. The average Bonchev–Trinajstić information content (AvgIpc) is 2.18. The van der Waals surface area contributed by atoms with E-state index in [1.807, 2.05) is 19.2 Å². The van der Waals surface area contributed by atoms with Gasteiger partial charge in [-0.3, -0.25) is 0 Å². The van der Waals surface area contributed by atoms with Gasteiger partial charge in [0.25, 0.3) is 0 Å². The molecule has 0 aliphatic rings. The van der Waals surface area contributed by atoms with Crippen LogP contribution in [0.3, 0.4) is 0 Å². The molecule has 0 saturated heterocycles. The first-order valence-electron chi connectivity index (χ1n) is 4.49. The highest BCUT2D eigenvalue weighted by atomic mass is 16.3. The van der Waals surface area contributed by atoms with E-state index in [1.165, 1.54) is 0 Å². The molecule has 3 heteroatoms. The van der Waals surface area contributed by atoms with Crippen molar-refractivity contribution in [3.05, 3.63) is 29.3 Å². The molecule has 0 aliphatic heterocycles. The molecule has 14 heavy (non-hydrogen) atoms. The Balaban J connectivity index is 2.94. The van der Waals surface area contributed by atoms with Crippen molar-refractivity contribution in [1.29, 1.82) is 0 Å². The molecule has 0 atom stereocenters. The molecule has 1 aromatic rings. The van der Waals surface area contributed by atoms with Gasteiger partial charge in [-0.2, -0.15) is 0 Å². The first-order chi connectivity index (χ1) is 6.66. The van der Waals surface area contributed by atoms with Crippen LogP contribution in [0.25, 0.3) is 6.08 Å². The van der Waals surface area contributed by atoms with E-state index in [0.717, 1.165) is 12.1 Å². The van der Waals surface area contributed by atoms with Gasteiger partial charge in [0, 0.05) is 17.7 Å². The largest absolute Gasteiger partial charge is 0.508 e. The Hall–Kier alpha value is -1.48. The number of hydrogen-bond donors (Lipinski definition) is 3. The molecule has 0 amide bonds. The minimum atomic E-state index is 0.119. The van der Waals surface area contributed by atoms with Crippen LogP contribution in [0.15, 0.2) is 18.2 Å². The zero-order chi connectivity index (χ0) is 10.6. The first-order valence-corrected chi connectivity index (χ1v) is 4.49. The maximum atomic E-state index is 9.65. The lowest BCUT2D eigenvalue weighted by Crippen LogP contribution is -2.03. The Labute approximate surface area is 83.7 Å². The standard InChI is InChI=1S/C11H15NO2/c1-8-10(13)6-5-9(11(8)14)4-3-7-12-2/h3-6,12-14H,7H2,1-2H3. The molecule has 0 unspecified atom stereocenters. The van der Waals surface area contributed by atoms with Crippen LogP contribution in [-0.2, 0) is 0 Å². The molecule has 76 valence electrons. The fraction of sp³-hybridized carbons (Fsp3) is 0.273. The summed E-state index contributed by atoms with van der Waals surface area (Å²) in [5.41, 5.74) is 1.23. The van der Waals surface area contributed by atoms with Gasteiger partial charge in [0.05, 0.1) is 0 Å². The number of benzene rings is 1. The third-order valence-electron chi connectivity index (χ3n) is 2.05. The van der Waals surface area contributed by atoms with E-state index in [4.69, 9.17) is 0 Å². The molecule has 0 fully saturated rings. The Bertz CT molecular complexity index is 345. The summed E-state index contributed by atoms with van der Waals surface area (Å²) in [6, 6.07) is 3.26. The van der Waals surface area contributed by atoms with Crippen LogP contribution < -0.4 is 5.32 Å². The van der Waals surface area contributed by atoms with E-state index in [2.05, 4.69) is 5.32 Å². The smallest absolute Gasteiger partial charge is 0.129 e. The average molecular weight is 193 g/mol. The van der Waals surface area contributed by atoms with E-state index in [1.54, 1.807) is 19.1 Å². The highest BCUT2D eigenvalue weighted by Gasteiger charge is 2.04. The summed E-state index contributed by atoms with van der Waals surface area (Å²) >= 11 is 0. The van der Waals surface area contributed by atoms with Crippen molar-refractivity contribution in [3.8, 4) is 11.5 Å². The summed E-state index contributed by atoms with van der Waals surface area (Å²) in [6.45, 7) is 2.43. The minimum absolute atomic E-state index is 0.119. The molecule has 0 bridgehead atoms. The number of phenols is 2. The Kier molecular flexibility index (Phi) is 3.54. The fourth-order valence-electron chi connectivity index (χ4n) is 1.15. The highest BCUT2D eigenvalue weighted by molar-refractivity contribution is 5.62. The van der Waals surface area contributed by atoms with E-state index < -0.39 is 0 Å². The summed E-state index contributed by atoms with van der Waals surface area (Å²) in [5.74, 6) is 0.255. The Morgan fingerprint density at radius 2 is 2.07 bits per heavy atom. The molecule has 0 aliphatic carbocycles. The topological polar surface area (TPSA) is 52.5 Å². The van der Waals surface area contributed by atoms with Gasteiger partial charge in [-0.1, -0.05) is 12.2 Å². The molecule has 0 spiro atoms. The van der Waals surface area contributed by atoms with Crippen molar-refractivity contribution in [2.75, 3.05) is 13.6 Å². The van der Waals surface area contributed by atoms with Crippen LogP contribution in [0.4, 0.5) is 0 Å². The monoisotopic (exact) mass is 193 g/mol. The van der Waals surface area contributed by atoms with Crippen LogP contribution in [-0.4, -0.2) is 23.8 Å². The van der Waals surface area contributed by atoms with Gasteiger partial charge in [0.15, 0.2) is 0 Å². The van der Waals surface area contributed by atoms with Gasteiger partial charge in [-0.15, -0.1) is 0 Å². The lowest BCUT2D eigenvalue weighted by molar-refractivity contribution is 0.442. The molecule has 0 heterocycles. The second kappa shape index (κ2) is 4.67. The quantitative estimate of drug-likeness (QED) is 0.684. The Morgan fingerprint density at radius 1 is 1.36 bits per heavy atom. The predicted molar refractivity (Wildman–Crippen MR) is 57.5 cm³/mol. The van der Waals surface area contributed by atoms with Crippen molar-refractivity contribution in [3.63, 3.8) is 0 Å². The molecule has 0 aromatic heterocycles. The lowest BCUT2D eigenvalue weighted by atomic mass is 10.1. The number of likely N-dealkylation sites (N-methyl/N-ethyl adjacent to an activating group) is 1. The van der Waals surface area contributed by atoms with E-state index in [9.17, 15) is 10.2 Å². The van der Waals surface area contributed by atoms with Crippen molar-refractivity contribution >= 4 is 6.08 Å². The first kappa shape index (κ1) is 10.6. The van der Waals surface area contributed by atoms with Gasteiger partial charge >= 0.3 is 0 Å². The molecular weight excluding hydrogens is 178 g/mol. The second-order valence-corrected chi connectivity index (χ2v) is 3.11. The number of hydrogen-bond acceptors (Lipinski definition) is 3. The Morgan fingerprint density at radius 3 is 2.71 bits per heavy atom. The van der Waals surface area contributed by atoms with Crippen molar-refractivity contribution in [2.45, 2.75) is 6.92 Å². The number of rotatable bonds is 3. The van der Waals surface area contributed by atoms with E-state index in [0.29, 0.717) is 5.56 Å². The SMILES string of the molecule is CNCC=Cc1ccc(O)c(C)c1O. The zero-order valence-electron chi connectivity index (χ0n) is 8.41. The van der Waals surface area contributed by atoms with Gasteiger partial charge in [0.2, 0.25) is 0 Å². The van der Waals surface area contributed by atoms with Crippen LogP contribution in [0, 0.1) is 6.92 Å². The number of aromatic hydroxyl groups is 2. The van der Waals surface area contributed by atoms with Crippen LogP contribution in [0.2, 0.25) is 0 Å². The van der Waals surface area contributed by atoms with E-state index in [-0.39, 0.29) is 11.5 Å². The van der Waals surface area contributed by atoms with Gasteiger partial charge in [-0.25, -0.2) is 0 Å². The summed E-state index contributed by atoms with van der Waals surface area (Å²) in [6.07, 6.45) is 3.73. The molecular formula is C11H15NO2. The maximum Gasteiger partial charge on any atom is 0.129 e. The van der Waals surface area contributed by atoms with Gasteiger partial charge < -0.3 is 15.5 Å². The summed E-state index contributed by atoms with van der Waals surface area (Å²) in [5, 5.41) is 21.9. The van der Waals surface area contributed by atoms with Gasteiger partial charge in [-0.05, 0) is 26.1 Å². The number of nitrogens with one attached hydrogen (secondary N) is 1.